The van der Waals surface area contributed by atoms with Gasteiger partial charge in [-0.15, -0.1) is 0 Å². The van der Waals surface area contributed by atoms with Crippen LogP contribution in [0.3, 0.4) is 0 Å². The van der Waals surface area contributed by atoms with Gasteiger partial charge in [-0.3, -0.25) is 0 Å². The molecule has 182 valence electrons. The van der Waals surface area contributed by atoms with Crippen LogP contribution in [0.15, 0.2) is 30.3 Å². The molecule has 4 saturated carbocycles. The fourth-order valence-electron chi connectivity index (χ4n) is 9.16. The molecular weight excluding hydrogens is 412 g/mol. The van der Waals surface area contributed by atoms with Gasteiger partial charge in [0.05, 0.1) is 24.4 Å². The van der Waals surface area contributed by atoms with E-state index in [0.717, 1.165) is 25.7 Å². The van der Waals surface area contributed by atoms with Gasteiger partial charge >= 0.3 is 5.97 Å². The van der Waals surface area contributed by atoms with Gasteiger partial charge in [-0.1, -0.05) is 39.0 Å². The molecule has 2 N–H and O–H groups in total. The first-order valence-corrected chi connectivity index (χ1v) is 13.3. The van der Waals surface area contributed by atoms with E-state index < -0.39 is 0 Å². The molecular formula is C29H42O4. The third-order valence-corrected chi connectivity index (χ3v) is 10.9. The molecule has 4 heteroatoms. The van der Waals surface area contributed by atoms with E-state index in [-0.39, 0.29) is 29.0 Å². The molecule has 4 nitrogen and oxygen atoms in total. The summed E-state index contributed by atoms with van der Waals surface area (Å²) in [6, 6.07) is 9.27. The van der Waals surface area contributed by atoms with Gasteiger partial charge in [-0.2, -0.15) is 0 Å². The van der Waals surface area contributed by atoms with Crippen molar-refractivity contribution >= 4 is 5.97 Å². The Labute approximate surface area is 199 Å². The number of esters is 1. The summed E-state index contributed by atoms with van der Waals surface area (Å²) in [5, 5.41) is 21.7. The Kier molecular flexibility index (Phi) is 6.14. The second-order valence-electron chi connectivity index (χ2n) is 12.4. The van der Waals surface area contributed by atoms with E-state index in [1.165, 1.54) is 25.7 Å². The molecule has 10 atom stereocenters. The smallest absolute Gasteiger partial charge is 0.338 e. The summed E-state index contributed by atoms with van der Waals surface area (Å²) in [5.41, 5.74) is 1.09. The zero-order valence-corrected chi connectivity index (χ0v) is 20.6. The first-order valence-electron chi connectivity index (χ1n) is 13.3. The number of rotatable bonds is 4. The minimum absolute atomic E-state index is 0.184. The summed E-state index contributed by atoms with van der Waals surface area (Å²) < 4.78 is 5.74. The molecule has 1 aromatic carbocycles. The molecule has 0 aliphatic heterocycles. The van der Waals surface area contributed by atoms with E-state index in [1.54, 1.807) is 0 Å². The number of hydrogen-bond donors (Lipinski definition) is 2. The van der Waals surface area contributed by atoms with E-state index in [4.69, 9.17) is 4.74 Å². The van der Waals surface area contributed by atoms with E-state index in [2.05, 4.69) is 20.8 Å². The lowest BCUT2D eigenvalue weighted by molar-refractivity contribution is -0.174. The van der Waals surface area contributed by atoms with E-state index >= 15 is 0 Å². The number of benzene rings is 1. The highest BCUT2D eigenvalue weighted by Gasteiger charge is 2.62. The molecule has 0 heterocycles. The third-order valence-electron chi connectivity index (χ3n) is 10.9. The molecule has 1 aromatic rings. The van der Waals surface area contributed by atoms with Crippen molar-refractivity contribution < 1.29 is 19.7 Å². The van der Waals surface area contributed by atoms with Crippen molar-refractivity contribution in [3.05, 3.63) is 35.9 Å². The van der Waals surface area contributed by atoms with Crippen molar-refractivity contribution in [1.29, 1.82) is 0 Å². The maximum Gasteiger partial charge on any atom is 0.338 e. The number of ether oxygens (including phenoxy) is 1. The largest absolute Gasteiger partial charge is 0.462 e. The van der Waals surface area contributed by atoms with Crippen LogP contribution < -0.4 is 0 Å². The van der Waals surface area contributed by atoms with Crippen molar-refractivity contribution in [1.82, 2.24) is 0 Å². The SMILES string of the molecule is C[C@H](COC(=O)c1ccccc1)[C@H]1CCC2C3C(CC[C@@]21C)[C@@]1(C)CC[C@@H](O)CC1C[C@H]3O. The summed E-state index contributed by atoms with van der Waals surface area (Å²) in [6.07, 6.45) is 8.06. The number of fused-ring (bicyclic) bond motifs is 5. The number of aliphatic hydroxyl groups excluding tert-OH is 2. The van der Waals surface area contributed by atoms with Crippen LogP contribution in [0.5, 0.6) is 0 Å². The number of carbonyl (C=O) groups excluding carboxylic acids is 1. The zero-order valence-electron chi connectivity index (χ0n) is 20.6. The Morgan fingerprint density at radius 3 is 2.45 bits per heavy atom. The molecule has 0 radical (unpaired) electrons. The highest BCUT2D eigenvalue weighted by Crippen LogP contribution is 2.68. The van der Waals surface area contributed by atoms with Gasteiger partial charge in [0.25, 0.3) is 0 Å². The Morgan fingerprint density at radius 1 is 1.00 bits per heavy atom. The molecule has 5 rings (SSSR count). The normalized spacial score (nSPS) is 45.4. The second kappa shape index (κ2) is 8.68. The minimum atomic E-state index is -0.243. The Bertz CT molecular complexity index is 854. The lowest BCUT2D eigenvalue weighted by Gasteiger charge is -2.62. The Balaban J connectivity index is 1.29. The van der Waals surface area contributed by atoms with Gasteiger partial charge in [0.2, 0.25) is 0 Å². The van der Waals surface area contributed by atoms with Crippen LogP contribution in [0, 0.1) is 46.3 Å². The fraction of sp³-hybridized carbons (Fsp3) is 0.759. The van der Waals surface area contributed by atoms with Gasteiger partial charge in [-0.05, 0) is 110 Å². The summed E-state index contributed by atoms with van der Waals surface area (Å²) in [4.78, 5) is 12.5. The zero-order chi connectivity index (χ0) is 23.4. The van der Waals surface area contributed by atoms with Gasteiger partial charge in [-0.25, -0.2) is 4.79 Å². The average molecular weight is 455 g/mol. The predicted octanol–water partition coefficient (Wildman–Crippen LogP) is 5.47. The summed E-state index contributed by atoms with van der Waals surface area (Å²) in [7, 11) is 0. The number of hydrogen-bond acceptors (Lipinski definition) is 4. The molecule has 33 heavy (non-hydrogen) atoms. The molecule has 4 unspecified atom stereocenters. The molecule has 0 bridgehead atoms. The molecule has 0 saturated heterocycles. The van der Waals surface area contributed by atoms with Crippen molar-refractivity contribution in [2.24, 2.45) is 46.3 Å². The maximum absolute atomic E-state index is 12.5. The first-order chi connectivity index (χ1) is 15.7. The van der Waals surface area contributed by atoms with E-state index in [9.17, 15) is 15.0 Å². The molecule has 0 aromatic heterocycles. The second-order valence-corrected chi connectivity index (χ2v) is 12.4. The maximum atomic E-state index is 12.5. The predicted molar refractivity (Wildman–Crippen MR) is 129 cm³/mol. The van der Waals surface area contributed by atoms with Crippen molar-refractivity contribution in [3.63, 3.8) is 0 Å². The molecule has 4 fully saturated rings. The van der Waals surface area contributed by atoms with Gasteiger partial charge in [0, 0.05) is 0 Å². The van der Waals surface area contributed by atoms with Crippen LogP contribution in [0.1, 0.15) is 82.5 Å². The van der Waals surface area contributed by atoms with Crippen LogP contribution in [-0.4, -0.2) is 35.0 Å². The van der Waals surface area contributed by atoms with Crippen LogP contribution >= 0.6 is 0 Å². The summed E-state index contributed by atoms with van der Waals surface area (Å²) in [5.74, 6) is 2.57. The Morgan fingerprint density at radius 2 is 1.70 bits per heavy atom. The monoisotopic (exact) mass is 454 g/mol. The highest BCUT2D eigenvalue weighted by atomic mass is 16.5. The molecule has 0 amide bonds. The number of aliphatic hydroxyl groups is 2. The molecule has 4 aliphatic carbocycles. The summed E-state index contributed by atoms with van der Waals surface area (Å²) in [6.45, 7) is 7.65. The highest BCUT2D eigenvalue weighted by molar-refractivity contribution is 5.89. The van der Waals surface area contributed by atoms with Crippen LogP contribution in [0.25, 0.3) is 0 Å². The van der Waals surface area contributed by atoms with Gasteiger partial charge in [0.1, 0.15) is 0 Å². The van der Waals surface area contributed by atoms with Crippen LogP contribution in [-0.2, 0) is 4.74 Å². The van der Waals surface area contributed by atoms with Crippen molar-refractivity contribution in [3.8, 4) is 0 Å². The van der Waals surface area contributed by atoms with E-state index in [0.29, 0.717) is 47.7 Å². The minimum Gasteiger partial charge on any atom is -0.462 e. The molecule has 0 spiro atoms. The summed E-state index contributed by atoms with van der Waals surface area (Å²) >= 11 is 0. The topological polar surface area (TPSA) is 66.8 Å². The van der Waals surface area contributed by atoms with Gasteiger partial charge in [0.15, 0.2) is 0 Å². The number of carbonyl (C=O) groups is 1. The van der Waals surface area contributed by atoms with Crippen LogP contribution in [0.2, 0.25) is 0 Å². The van der Waals surface area contributed by atoms with Gasteiger partial charge < -0.3 is 14.9 Å². The quantitative estimate of drug-likeness (QED) is 0.592. The fourth-order valence-corrected chi connectivity index (χ4v) is 9.16. The third kappa shape index (κ3) is 3.86. The van der Waals surface area contributed by atoms with Crippen molar-refractivity contribution in [2.45, 2.75) is 84.3 Å². The first kappa shape index (κ1) is 23.4. The van der Waals surface area contributed by atoms with Crippen LogP contribution in [0.4, 0.5) is 0 Å². The van der Waals surface area contributed by atoms with E-state index in [1.807, 2.05) is 30.3 Å². The lowest BCUT2D eigenvalue weighted by Crippen LogP contribution is -2.58. The Hall–Kier alpha value is -1.39. The molecule has 4 aliphatic rings. The van der Waals surface area contributed by atoms with Crippen molar-refractivity contribution in [2.75, 3.05) is 6.61 Å². The standard InChI is InChI=1S/C29H42O4/c1-18(17-33-27(32)19-7-5-4-6-8-19)22-9-10-23-26-24(12-14-29(22,23)3)28(2)13-11-21(30)15-20(28)16-25(26)31/h4-8,18,20-26,30-31H,9-17H2,1-3H3/t18-,20?,21-,22-,23?,24?,25-,26?,28+,29-/m1/s1. The lowest BCUT2D eigenvalue weighted by atomic mass is 9.43. The average Bonchev–Trinajstić information content (AvgIpc) is 3.16.